The number of rotatable bonds is 5. The van der Waals surface area contributed by atoms with Crippen molar-refractivity contribution in [2.45, 2.75) is 6.92 Å². The van der Waals surface area contributed by atoms with E-state index in [2.05, 4.69) is 5.32 Å². The molecule has 0 radical (unpaired) electrons. The topological polar surface area (TPSA) is 58.6 Å². The summed E-state index contributed by atoms with van der Waals surface area (Å²) in [4.78, 5) is 24.8. The van der Waals surface area contributed by atoms with Crippen molar-refractivity contribution in [2.24, 2.45) is 0 Å². The fourth-order valence-electron chi connectivity index (χ4n) is 1.91. The number of ether oxygens (including phenoxy) is 1. The summed E-state index contributed by atoms with van der Waals surface area (Å²) < 4.78 is 5.28. The minimum Gasteiger partial charge on any atom is -0.380 e. The van der Waals surface area contributed by atoms with Gasteiger partial charge in [0, 0.05) is 20.2 Å². The Morgan fingerprint density at radius 2 is 2.11 bits per heavy atom. The molecular formula is C13H15ClN2O3. The van der Waals surface area contributed by atoms with Crippen LogP contribution in [0.15, 0.2) is 12.1 Å². The molecule has 1 aliphatic rings. The lowest BCUT2D eigenvalue weighted by molar-refractivity contribution is -0.112. The molecule has 1 aliphatic heterocycles. The van der Waals surface area contributed by atoms with E-state index >= 15 is 0 Å². The van der Waals surface area contributed by atoms with Crippen LogP contribution in [0.2, 0.25) is 5.02 Å². The number of Topliss-reactive ketones (excluding diaryl/α,β-unsaturated/α-hetero) is 1. The number of hydrogen-bond acceptors (Lipinski definition) is 4. The van der Waals surface area contributed by atoms with Crippen molar-refractivity contribution in [3.05, 3.63) is 22.7 Å². The van der Waals surface area contributed by atoms with Crippen LogP contribution in [0, 0.1) is 0 Å². The molecule has 19 heavy (non-hydrogen) atoms. The van der Waals surface area contributed by atoms with Crippen molar-refractivity contribution in [3.8, 4) is 0 Å². The number of amides is 1. The maximum absolute atomic E-state index is 11.5. The second-order valence-corrected chi connectivity index (χ2v) is 4.66. The van der Waals surface area contributed by atoms with Crippen molar-refractivity contribution in [1.82, 2.24) is 0 Å². The predicted octanol–water partition coefficient (Wildman–Crippen LogP) is 1.95. The van der Waals surface area contributed by atoms with Gasteiger partial charge in [-0.25, -0.2) is 0 Å². The highest BCUT2D eigenvalue weighted by molar-refractivity contribution is 6.52. The van der Waals surface area contributed by atoms with Gasteiger partial charge in [-0.3, -0.25) is 9.59 Å². The van der Waals surface area contributed by atoms with Crippen LogP contribution in [0.5, 0.6) is 0 Å². The number of likely N-dealkylation sites (N-methyl/N-ethyl adjacent to an activating group) is 1. The van der Waals surface area contributed by atoms with Gasteiger partial charge in [-0.1, -0.05) is 11.6 Å². The van der Waals surface area contributed by atoms with E-state index in [4.69, 9.17) is 16.3 Å². The van der Waals surface area contributed by atoms with Crippen LogP contribution in [0.25, 0.3) is 0 Å². The van der Waals surface area contributed by atoms with Crippen molar-refractivity contribution >= 4 is 34.7 Å². The number of nitrogens with one attached hydrogen (secondary N) is 1. The van der Waals surface area contributed by atoms with Crippen molar-refractivity contribution in [2.75, 3.05) is 37.0 Å². The molecule has 0 aliphatic carbocycles. The van der Waals surface area contributed by atoms with E-state index in [0.717, 1.165) is 5.69 Å². The second kappa shape index (κ2) is 5.59. The molecule has 1 aromatic rings. The third kappa shape index (κ3) is 2.72. The number of benzene rings is 1. The molecule has 1 amide bonds. The van der Waals surface area contributed by atoms with E-state index in [-0.39, 0.29) is 0 Å². The average Bonchev–Trinajstić information content (AvgIpc) is 2.65. The summed E-state index contributed by atoms with van der Waals surface area (Å²) in [6.45, 7) is 3.86. The second-order valence-electron chi connectivity index (χ2n) is 4.25. The maximum atomic E-state index is 11.5. The zero-order valence-corrected chi connectivity index (χ0v) is 11.6. The largest absolute Gasteiger partial charge is 0.380 e. The highest BCUT2D eigenvalue weighted by Crippen LogP contribution is 2.34. The molecule has 0 saturated carbocycles. The molecule has 102 valence electrons. The lowest BCUT2D eigenvalue weighted by Crippen LogP contribution is -2.23. The number of carbonyl (C=O) groups excluding carboxylic acids is 2. The molecule has 1 aromatic carbocycles. The first-order valence-corrected chi connectivity index (χ1v) is 6.40. The van der Waals surface area contributed by atoms with Gasteiger partial charge in [0.2, 0.25) is 0 Å². The van der Waals surface area contributed by atoms with E-state index in [9.17, 15) is 9.59 Å². The fourth-order valence-corrected chi connectivity index (χ4v) is 2.22. The quantitative estimate of drug-likeness (QED) is 0.662. The van der Waals surface area contributed by atoms with Gasteiger partial charge in [0.15, 0.2) is 0 Å². The summed E-state index contributed by atoms with van der Waals surface area (Å²) in [5, 5.41) is 2.98. The number of anilines is 2. The van der Waals surface area contributed by atoms with E-state index in [1.54, 1.807) is 6.07 Å². The Morgan fingerprint density at radius 1 is 1.37 bits per heavy atom. The highest BCUT2D eigenvalue weighted by Gasteiger charge is 2.29. The number of ketones is 1. The Hall–Kier alpha value is -1.59. The maximum Gasteiger partial charge on any atom is 0.296 e. The van der Waals surface area contributed by atoms with Crippen LogP contribution in [-0.4, -0.2) is 38.5 Å². The molecule has 0 aromatic heterocycles. The molecule has 5 nitrogen and oxygen atoms in total. The van der Waals surface area contributed by atoms with Crippen LogP contribution >= 0.6 is 11.6 Å². The van der Waals surface area contributed by atoms with Gasteiger partial charge in [-0.15, -0.1) is 0 Å². The van der Waals surface area contributed by atoms with Crippen molar-refractivity contribution in [1.29, 1.82) is 0 Å². The molecule has 0 atom stereocenters. The van der Waals surface area contributed by atoms with Crippen LogP contribution < -0.4 is 10.2 Å². The van der Waals surface area contributed by atoms with Crippen LogP contribution in [0.1, 0.15) is 17.3 Å². The summed E-state index contributed by atoms with van der Waals surface area (Å²) in [5.41, 5.74) is 1.60. The third-order valence-corrected chi connectivity index (χ3v) is 3.28. The Balaban J connectivity index is 2.22. The standard InChI is InChI=1S/C13H15ClN2O3/c1-3-19-5-4-16(2)11-7-10-8(6-9(11)14)12(17)13(18)15-10/h6-7H,3-5H2,1-2H3,(H,15,17,18). The van der Waals surface area contributed by atoms with Gasteiger partial charge in [-0.2, -0.15) is 0 Å². The summed E-state index contributed by atoms with van der Waals surface area (Å²) in [6.07, 6.45) is 0. The van der Waals surface area contributed by atoms with Gasteiger partial charge in [0.25, 0.3) is 11.7 Å². The minimum absolute atomic E-state index is 0.331. The van der Waals surface area contributed by atoms with Gasteiger partial charge in [0.05, 0.1) is 28.6 Å². The fraction of sp³-hybridized carbons (Fsp3) is 0.385. The number of hydrogen-bond donors (Lipinski definition) is 1. The average molecular weight is 283 g/mol. The Morgan fingerprint density at radius 3 is 2.79 bits per heavy atom. The molecule has 0 saturated heterocycles. The van der Waals surface area contributed by atoms with E-state index in [0.29, 0.717) is 36.0 Å². The van der Waals surface area contributed by atoms with Crippen molar-refractivity contribution < 1.29 is 14.3 Å². The molecular weight excluding hydrogens is 268 g/mol. The molecule has 1 heterocycles. The monoisotopic (exact) mass is 282 g/mol. The van der Waals surface area contributed by atoms with Gasteiger partial charge >= 0.3 is 0 Å². The molecule has 1 N–H and O–H groups in total. The van der Waals surface area contributed by atoms with E-state index in [1.165, 1.54) is 6.07 Å². The normalized spacial score (nSPS) is 13.4. The summed E-state index contributed by atoms with van der Waals surface area (Å²) in [6, 6.07) is 3.25. The lowest BCUT2D eigenvalue weighted by Gasteiger charge is -2.21. The van der Waals surface area contributed by atoms with Crippen LogP contribution in [0.4, 0.5) is 11.4 Å². The van der Waals surface area contributed by atoms with Gasteiger partial charge < -0.3 is 15.0 Å². The van der Waals surface area contributed by atoms with Crippen LogP contribution in [0.3, 0.4) is 0 Å². The molecule has 0 spiro atoms. The first-order valence-electron chi connectivity index (χ1n) is 6.02. The van der Waals surface area contributed by atoms with E-state index < -0.39 is 11.7 Å². The number of nitrogens with zero attached hydrogens (tertiary/aromatic N) is 1. The molecule has 0 fully saturated rings. The third-order valence-electron chi connectivity index (χ3n) is 2.97. The Bertz CT molecular complexity index is 531. The minimum atomic E-state index is -0.611. The molecule has 6 heteroatoms. The van der Waals surface area contributed by atoms with E-state index in [1.807, 2.05) is 18.9 Å². The SMILES string of the molecule is CCOCCN(C)c1cc2c(cc1Cl)C(=O)C(=O)N2. The number of carbonyl (C=O) groups is 2. The number of fused-ring (bicyclic) bond motifs is 1. The molecule has 0 unspecified atom stereocenters. The summed E-state index contributed by atoms with van der Waals surface area (Å²) >= 11 is 6.15. The predicted molar refractivity (Wildman–Crippen MR) is 74.2 cm³/mol. The Labute approximate surface area is 116 Å². The zero-order chi connectivity index (χ0) is 14.0. The summed E-state index contributed by atoms with van der Waals surface area (Å²) in [5.74, 6) is -1.15. The summed E-state index contributed by atoms with van der Waals surface area (Å²) in [7, 11) is 1.88. The Kier molecular flexibility index (Phi) is 4.07. The van der Waals surface area contributed by atoms with Crippen LogP contribution in [-0.2, 0) is 9.53 Å². The molecule has 0 bridgehead atoms. The zero-order valence-electron chi connectivity index (χ0n) is 10.8. The highest BCUT2D eigenvalue weighted by atomic mass is 35.5. The van der Waals surface area contributed by atoms with Gasteiger partial charge in [-0.05, 0) is 19.1 Å². The first-order chi connectivity index (χ1) is 9.04. The molecule has 2 rings (SSSR count). The first kappa shape index (κ1) is 13.8. The lowest BCUT2D eigenvalue weighted by atomic mass is 10.1. The number of halogens is 1. The van der Waals surface area contributed by atoms with Crippen molar-refractivity contribution in [3.63, 3.8) is 0 Å². The van der Waals surface area contributed by atoms with Gasteiger partial charge in [0.1, 0.15) is 0 Å². The smallest absolute Gasteiger partial charge is 0.296 e.